The molecular weight excluding hydrogens is 228 g/mol. The van der Waals surface area contributed by atoms with Crippen LogP contribution in [0.25, 0.3) is 0 Å². The molecule has 1 amide bonds. The molecule has 1 unspecified atom stereocenters. The van der Waals surface area contributed by atoms with Crippen LogP contribution in [-0.2, 0) is 4.79 Å². The average molecular weight is 242 g/mol. The molecule has 0 aliphatic rings. The third kappa shape index (κ3) is 4.39. The van der Waals surface area contributed by atoms with Crippen LogP contribution in [0.1, 0.15) is 30.3 Å². The summed E-state index contributed by atoms with van der Waals surface area (Å²) in [5.74, 6) is -0.861. The molecule has 5 nitrogen and oxygen atoms in total. The number of aliphatic carboxylic acids is 1. The van der Waals surface area contributed by atoms with Gasteiger partial charge in [-0.05, 0) is 12.3 Å². The Labute approximate surface area is 97.5 Å². The van der Waals surface area contributed by atoms with E-state index in [4.69, 9.17) is 5.11 Å². The third-order valence-electron chi connectivity index (χ3n) is 2.13. The van der Waals surface area contributed by atoms with Crippen LogP contribution < -0.4 is 5.32 Å². The Bertz CT molecular complexity index is 351. The summed E-state index contributed by atoms with van der Waals surface area (Å²) in [6, 6.07) is 0. The Morgan fingerprint density at radius 3 is 2.94 bits per heavy atom. The largest absolute Gasteiger partial charge is 0.481 e. The van der Waals surface area contributed by atoms with Crippen LogP contribution in [0.5, 0.6) is 0 Å². The van der Waals surface area contributed by atoms with Crippen molar-refractivity contribution in [1.82, 2.24) is 10.3 Å². The normalized spacial score (nSPS) is 12.1. The molecular formula is C10H14N2O3S. The average Bonchev–Trinajstić information content (AvgIpc) is 2.76. The van der Waals surface area contributed by atoms with Crippen LogP contribution in [0, 0.1) is 5.92 Å². The fourth-order valence-corrected chi connectivity index (χ4v) is 1.69. The summed E-state index contributed by atoms with van der Waals surface area (Å²) >= 11 is 1.37. The lowest BCUT2D eigenvalue weighted by Gasteiger charge is -2.10. The van der Waals surface area contributed by atoms with Crippen molar-refractivity contribution < 1.29 is 14.7 Å². The summed E-state index contributed by atoms with van der Waals surface area (Å²) in [4.78, 5) is 25.7. The molecule has 1 rings (SSSR count). The number of aromatic nitrogens is 1. The molecule has 0 saturated heterocycles. The van der Waals surface area contributed by atoms with Crippen LogP contribution in [0.15, 0.2) is 10.9 Å². The quantitative estimate of drug-likeness (QED) is 0.789. The van der Waals surface area contributed by atoms with Gasteiger partial charge >= 0.3 is 5.97 Å². The highest BCUT2D eigenvalue weighted by molar-refractivity contribution is 7.07. The maximum Gasteiger partial charge on any atom is 0.303 e. The predicted molar refractivity (Wildman–Crippen MR) is 60.5 cm³/mol. The van der Waals surface area contributed by atoms with Crippen LogP contribution in [0.2, 0.25) is 0 Å². The number of hydrogen-bond acceptors (Lipinski definition) is 4. The number of nitrogens with one attached hydrogen (secondary N) is 1. The van der Waals surface area contributed by atoms with Gasteiger partial charge in [0.1, 0.15) is 5.69 Å². The Morgan fingerprint density at radius 1 is 1.62 bits per heavy atom. The molecule has 0 spiro atoms. The summed E-state index contributed by atoms with van der Waals surface area (Å²) in [7, 11) is 0. The molecule has 1 aromatic heterocycles. The minimum absolute atomic E-state index is 0.133. The van der Waals surface area contributed by atoms with Crippen LogP contribution in [0.4, 0.5) is 0 Å². The summed E-state index contributed by atoms with van der Waals surface area (Å²) in [5, 5.41) is 12.9. The van der Waals surface area contributed by atoms with Crippen molar-refractivity contribution in [3.63, 3.8) is 0 Å². The van der Waals surface area contributed by atoms with Crippen molar-refractivity contribution in [3.05, 3.63) is 16.6 Å². The van der Waals surface area contributed by atoms with Gasteiger partial charge in [-0.15, -0.1) is 11.3 Å². The molecule has 0 fully saturated rings. The molecule has 0 bridgehead atoms. The van der Waals surface area contributed by atoms with Crippen molar-refractivity contribution in [3.8, 4) is 0 Å². The van der Waals surface area contributed by atoms with Crippen LogP contribution in [0.3, 0.4) is 0 Å². The lowest BCUT2D eigenvalue weighted by Crippen LogP contribution is -2.28. The van der Waals surface area contributed by atoms with E-state index in [0.717, 1.165) is 0 Å². The second-order valence-corrected chi connectivity index (χ2v) is 4.34. The van der Waals surface area contributed by atoms with Crippen molar-refractivity contribution in [2.75, 3.05) is 6.54 Å². The van der Waals surface area contributed by atoms with Gasteiger partial charge in [-0.1, -0.05) is 6.92 Å². The number of carbonyl (C=O) groups excluding carboxylic acids is 1. The van der Waals surface area contributed by atoms with E-state index < -0.39 is 5.97 Å². The van der Waals surface area contributed by atoms with Gasteiger partial charge in [0.2, 0.25) is 0 Å². The Balaban J connectivity index is 2.24. The van der Waals surface area contributed by atoms with Crippen molar-refractivity contribution in [1.29, 1.82) is 0 Å². The first-order valence-electron chi connectivity index (χ1n) is 4.97. The second kappa shape index (κ2) is 6.22. The van der Waals surface area contributed by atoms with Gasteiger partial charge in [0.15, 0.2) is 0 Å². The highest BCUT2D eigenvalue weighted by Crippen LogP contribution is 2.05. The van der Waals surface area contributed by atoms with E-state index in [2.05, 4.69) is 10.3 Å². The number of amides is 1. The number of carboxylic acid groups (broad SMARTS) is 1. The number of rotatable bonds is 6. The minimum atomic E-state index is -0.808. The van der Waals surface area contributed by atoms with Crippen molar-refractivity contribution >= 4 is 23.2 Å². The first-order chi connectivity index (χ1) is 7.59. The molecule has 6 heteroatoms. The molecule has 0 aliphatic heterocycles. The van der Waals surface area contributed by atoms with Gasteiger partial charge in [-0.3, -0.25) is 9.59 Å². The molecule has 0 aliphatic carbocycles. The summed E-state index contributed by atoms with van der Waals surface area (Å²) in [6.07, 6.45) is 0.695. The maximum absolute atomic E-state index is 11.5. The SMILES string of the molecule is CC(CCC(=O)O)CNC(=O)c1cscn1. The van der Waals surface area contributed by atoms with E-state index in [1.54, 1.807) is 10.9 Å². The molecule has 0 radical (unpaired) electrons. The zero-order chi connectivity index (χ0) is 12.0. The monoisotopic (exact) mass is 242 g/mol. The highest BCUT2D eigenvalue weighted by atomic mass is 32.1. The van der Waals surface area contributed by atoms with Gasteiger partial charge in [0.05, 0.1) is 5.51 Å². The Kier molecular flexibility index (Phi) is 4.91. The highest BCUT2D eigenvalue weighted by Gasteiger charge is 2.10. The molecule has 88 valence electrons. The van der Waals surface area contributed by atoms with Gasteiger partial charge in [-0.2, -0.15) is 0 Å². The summed E-state index contributed by atoms with van der Waals surface area (Å²) in [6.45, 7) is 2.38. The summed E-state index contributed by atoms with van der Waals surface area (Å²) in [5.41, 5.74) is 2.01. The van der Waals surface area contributed by atoms with E-state index in [9.17, 15) is 9.59 Å². The van der Waals surface area contributed by atoms with Gasteiger partial charge in [-0.25, -0.2) is 4.98 Å². The molecule has 0 aromatic carbocycles. The first kappa shape index (κ1) is 12.6. The molecule has 1 heterocycles. The topological polar surface area (TPSA) is 79.3 Å². The number of hydrogen-bond donors (Lipinski definition) is 2. The second-order valence-electron chi connectivity index (χ2n) is 3.62. The fraction of sp³-hybridized carbons (Fsp3) is 0.500. The van der Waals surface area contributed by atoms with Gasteiger partial charge in [0, 0.05) is 18.3 Å². The number of carbonyl (C=O) groups is 2. The third-order valence-corrected chi connectivity index (χ3v) is 2.71. The predicted octanol–water partition coefficient (Wildman–Crippen LogP) is 1.37. The number of carboxylic acids is 1. The van der Waals surface area contributed by atoms with Crippen molar-refractivity contribution in [2.24, 2.45) is 5.92 Å². The Morgan fingerprint density at radius 2 is 2.38 bits per heavy atom. The molecule has 1 aromatic rings. The number of thiazole rings is 1. The van der Waals surface area contributed by atoms with E-state index in [1.165, 1.54) is 11.3 Å². The minimum Gasteiger partial charge on any atom is -0.481 e. The van der Waals surface area contributed by atoms with E-state index in [-0.39, 0.29) is 18.2 Å². The zero-order valence-electron chi connectivity index (χ0n) is 8.97. The van der Waals surface area contributed by atoms with E-state index in [0.29, 0.717) is 18.7 Å². The van der Waals surface area contributed by atoms with Crippen molar-refractivity contribution in [2.45, 2.75) is 19.8 Å². The molecule has 16 heavy (non-hydrogen) atoms. The fourth-order valence-electron chi connectivity index (χ4n) is 1.15. The van der Waals surface area contributed by atoms with Crippen LogP contribution >= 0.6 is 11.3 Å². The van der Waals surface area contributed by atoms with Gasteiger partial charge < -0.3 is 10.4 Å². The van der Waals surface area contributed by atoms with E-state index in [1.807, 2.05) is 6.92 Å². The molecule has 2 N–H and O–H groups in total. The first-order valence-corrected chi connectivity index (χ1v) is 5.92. The lowest BCUT2D eigenvalue weighted by molar-refractivity contribution is -0.137. The zero-order valence-corrected chi connectivity index (χ0v) is 9.79. The molecule has 1 atom stereocenters. The smallest absolute Gasteiger partial charge is 0.303 e. The van der Waals surface area contributed by atoms with E-state index >= 15 is 0 Å². The number of nitrogens with zero attached hydrogens (tertiary/aromatic N) is 1. The standard InChI is InChI=1S/C10H14N2O3S/c1-7(2-3-9(13)14)4-11-10(15)8-5-16-6-12-8/h5-7H,2-4H2,1H3,(H,11,15)(H,13,14). The maximum atomic E-state index is 11.5. The molecule has 0 saturated carbocycles. The summed E-state index contributed by atoms with van der Waals surface area (Å²) < 4.78 is 0. The van der Waals surface area contributed by atoms with Gasteiger partial charge in [0.25, 0.3) is 5.91 Å². The van der Waals surface area contributed by atoms with Crippen LogP contribution in [-0.4, -0.2) is 28.5 Å². The lowest BCUT2D eigenvalue weighted by atomic mass is 10.1. The Hall–Kier alpha value is -1.43.